The Morgan fingerprint density at radius 1 is 1.28 bits per heavy atom. The van der Waals surface area contributed by atoms with Crippen LogP contribution in [-0.4, -0.2) is 39.0 Å². The standard InChI is InChI=1S/C17H20N6O2/c1-17(2,9-25-3)23-8-13(12-7-21-16(19)22-15(12)23)14(24)10-4-11(18)6-20-5-10/h4-8H,9,18H2,1-3H3,(H2,19,21,22). The molecule has 0 aromatic carbocycles. The number of methoxy groups -OCH3 is 1. The molecule has 0 saturated carbocycles. The van der Waals surface area contributed by atoms with Crippen LogP contribution in [0, 0.1) is 0 Å². The smallest absolute Gasteiger partial charge is 0.221 e. The van der Waals surface area contributed by atoms with Gasteiger partial charge in [-0.05, 0) is 19.9 Å². The summed E-state index contributed by atoms with van der Waals surface area (Å²) in [6, 6.07) is 1.59. The Hall–Kier alpha value is -3.00. The minimum absolute atomic E-state index is 0.143. The van der Waals surface area contributed by atoms with Crippen molar-refractivity contribution in [2.24, 2.45) is 0 Å². The normalized spacial score (nSPS) is 11.8. The Balaban J connectivity index is 2.21. The zero-order chi connectivity index (χ0) is 18.2. The number of anilines is 2. The van der Waals surface area contributed by atoms with Gasteiger partial charge in [0.05, 0.1) is 23.4 Å². The van der Waals surface area contributed by atoms with Crippen molar-refractivity contribution in [2.75, 3.05) is 25.2 Å². The number of carbonyl (C=O) groups is 1. The fourth-order valence-corrected chi connectivity index (χ4v) is 2.82. The molecule has 0 fully saturated rings. The van der Waals surface area contributed by atoms with Gasteiger partial charge in [-0.1, -0.05) is 0 Å². The first-order valence-electron chi connectivity index (χ1n) is 7.71. The molecule has 3 aromatic heterocycles. The molecule has 8 heteroatoms. The summed E-state index contributed by atoms with van der Waals surface area (Å²) in [6.45, 7) is 4.42. The van der Waals surface area contributed by atoms with Crippen LogP contribution >= 0.6 is 0 Å². The van der Waals surface area contributed by atoms with E-state index in [1.807, 2.05) is 18.4 Å². The molecule has 4 N–H and O–H groups in total. The van der Waals surface area contributed by atoms with E-state index in [1.165, 1.54) is 12.4 Å². The second-order valence-corrected chi connectivity index (χ2v) is 6.46. The van der Waals surface area contributed by atoms with Gasteiger partial charge in [-0.25, -0.2) is 4.98 Å². The molecule has 3 rings (SSSR count). The van der Waals surface area contributed by atoms with Crippen molar-refractivity contribution < 1.29 is 9.53 Å². The number of nitrogen functional groups attached to an aromatic ring is 2. The fraction of sp³-hybridized carbons (Fsp3) is 0.294. The number of ether oxygens (including phenoxy) is 1. The van der Waals surface area contributed by atoms with Crippen LogP contribution in [0.1, 0.15) is 29.8 Å². The molecule has 0 bridgehead atoms. The van der Waals surface area contributed by atoms with E-state index in [2.05, 4.69) is 15.0 Å². The van der Waals surface area contributed by atoms with Gasteiger partial charge < -0.3 is 20.8 Å². The van der Waals surface area contributed by atoms with Crippen molar-refractivity contribution >= 4 is 28.5 Å². The molecule has 0 aliphatic carbocycles. The SMILES string of the molecule is COCC(C)(C)n1cc(C(=O)c2cncc(N)c2)c2cnc(N)nc21. The summed E-state index contributed by atoms with van der Waals surface area (Å²) in [4.78, 5) is 25.3. The van der Waals surface area contributed by atoms with Gasteiger partial charge in [0.1, 0.15) is 5.65 Å². The molecule has 0 aliphatic heterocycles. The number of rotatable bonds is 5. The Morgan fingerprint density at radius 3 is 2.72 bits per heavy atom. The zero-order valence-corrected chi connectivity index (χ0v) is 14.4. The first kappa shape index (κ1) is 16.8. The van der Waals surface area contributed by atoms with Crippen LogP contribution in [0.25, 0.3) is 11.0 Å². The third-order valence-corrected chi connectivity index (χ3v) is 3.98. The maximum Gasteiger partial charge on any atom is 0.221 e. The topological polar surface area (TPSA) is 122 Å². The minimum Gasteiger partial charge on any atom is -0.397 e. The van der Waals surface area contributed by atoms with Gasteiger partial charge in [0.15, 0.2) is 5.78 Å². The van der Waals surface area contributed by atoms with Gasteiger partial charge in [-0.15, -0.1) is 0 Å². The van der Waals surface area contributed by atoms with Crippen LogP contribution < -0.4 is 11.5 Å². The summed E-state index contributed by atoms with van der Waals surface area (Å²) < 4.78 is 7.19. The average Bonchev–Trinajstić information content (AvgIpc) is 2.93. The fourth-order valence-electron chi connectivity index (χ4n) is 2.82. The van der Waals surface area contributed by atoms with Gasteiger partial charge in [0, 0.05) is 42.8 Å². The highest BCUT2D eigenvalue weighted by Gasteiger charge is 2.27. The second kappa shape index (κ2) is 6.14. The third kappa shape index (κ3) is 3.03. The molecule has 0 unspecified atom stereocenters. The van der Waals surface area contributed by atoms with Crippen molar-refractivity contribution in [3.05, 3.63) is 42.0 Å². The lowest BCUT2D eigenvalue weighted by molar-refractivity contribution is 0.103. The predicted molar refractivity (Wildman–Crippen MR) is 95.2 cm³/mol. The molecule has 25 heavy (non-hydrogen) atoms. The maximum absolute atomic E-state index is 13.0. The van der Waals surface area contributed by atoms with Crippen LogP contribution in [0.4, 0.5) is 11.6 Å². The lowest BCUT2D eigenvalue weighted by atomic mass is 10.1. The van der Waals surface area contributed by atoms with E-state index < -0.39 is 5.54 Å². The number of nitrogens with zero attached hydrogens (tertiary/aromatic N) is 4. The highest BCUT2D eigenvalue weighted by Crippen LogP contribution is 2.28. The molecule has 130 valence electrons. The van der Waals surface area contributed by atoms with E-state index >= 15 is 0 Å². The van der Waals surface area contributed by atoms with E-state index in [9.17, 15) is 4.79 Å². The van der Waals surface area contributed by atoms with Crippen LogP contribution in [0.5, 0.6) is 0 Å². The number of nitrogens with two attached hydrogens (primary N) is 2. The van der Waals surface area contributed by atoms with Crippen LogP contribution in [0.2, 0.25) is 0 Å². The number of carbonyl (C=O) groups excluding carboxylic acids is 1. The number of hydrogen-bond donors (Lipinski definition) is 2. The van der Waals surface area contributed by atoms with Crippen molar-refractivity contribution in [3.8, 4) is 0 Å². The monoisotopic (exact) mass is 340 g/mol. The summed E-state index contributed by atoms with van der Waals surface area (Å²) in [5, 5.41) is 0.616. The third-order valence-electron chi connectivity index (χ3n) is 3.98. The number of pyridine rings is 1. The van der Waals surface area contributed by atoms with E-state index in [4.69, 9.17) is 16.2 Å². The summed E-state index contributed by atoms with van der Waals surface area (Å²) in [7, 11) is 1.63. The second-order valence-electron chi connectivity index (χ2n) is 6.46. The molecule has 0 spiro atoms. The van der Waals surface area contributed by atoms with Crippen LogP contribution in [-0.2, 0) is 10.3 Å². The molecule has 0 aliphatic rings. The maximum atomic E-state index is 13.0. The van der Waals surface area contributed by atoms with E-state index in [1.54, 1.807) is 25.6 Å². The Bertz CT molecular complexity index is 947. The highest BCUT2D eigenvalue weighted by atomic mass is 16.5. The lowest BCUT2D eigenvalue weighted by Crippen LogP contribution is -2.31. The van der Waals surface area contributed by atoms with Crippen molar-refractivity contribution in [3.63, 3.8) is 0 Å². The van der Waals surface area contributed by atoms with E-state index in [-0.39, 0.29) is 11.7 Å². The predicted octanol–water partition coefficient (Wildman–Crippen LogP) is 1.60. The summed E-state index contributed by atoms with van der Waals surface area (Å²) in [5.41, 5.74) is 12.9. The molecule has 8 nitrogen and oxygen atoms in total. The van der Waals surface area contributed by atoms with Gasteiger partial charge in [0.2, 0.25) is 5.95 Å². The van der Waals surface area contributed by atoms with Crippen LogP contribution in [0.15, 0.2) is 30.9 Å². The Kier molecular flexibility index (Phi) is 4.13. The van der Waals surface area contributed by atoms with Crippen molar-refractivity contribution in [1.29, 1.82) is 0 Å². The largest absolute Gasteiger partial charge is 0.397 e. The molecular formula is C17H20N6O2. The molecule has 0 amide bonds. The highest BCUT2D eigenvalue weighted by molar-refractivity contribution is 6.16. The quantitative estimate of drug-likeness (QED) is 0.676. The molecule has 3 heterocycles. The number of fused-ring (bicyclic) bond motifs is 1. The summed E-state index contributed by atoms with van der Waals surface area (Å²) in [5.74, 6) is -0.0603. The van der Waals surface area contributed by atoms with E-state index in [0.29, 0.717) is 34.5 Å². The van der Waals surface area contributed by atoms with E-state index in [0.717, 1.165) is 0 Å². The molecule has 0 radical (unpaired) electrons. The van der Waals surface area contributed by atoms with Gasteiger partial charge in [-0.3, -0.25) is 9.78 Å². The van der Waals surface area contributed by atoms with Crippen molar-refractivity contribution in [1.82, 2.24) is 19.5 Å². The molecule has 0 atom stereocenters. The minimum atomic E-state index is -0.430. The Labute approximate surface area is 144 Å². The summed E-state index contributed by atoms with van der Waals surface area (Å²) in [6.07, 6.45) is 6.29. The first-order chi connectivity index (χ1) is 11.8. The average molecular weight is 340 g/mol. The number of ketones is 1. The molecule has 3 aromatic rings. The Morgan fingerprint density at radius 2 is 2.04 bits per heavy atom. The van der Waals surface area contributed by atoms with Crippen LogP contribution in [0.3, 0.4) is 0 Å². The zero-order valence-electron chi connectivity index (χ0n) is 14.4. The number of hydrogen-bond acceptors (Lipinski definition) is 7. The lowest BCUT2D eigenvalue weighted by Gasteiger charge is -2.26. The molecular weight excluding hydrogens is 320 g/mol. The van der Waals surface area contributed by atoms with Gasteiger partial charge in [-0.2, -0.15) is 4.98 Å². The molecule has 0 saturated heterocycles. The van der Waals surface area contributed by atoms with Gasteiger partial charge >= 0.3 is 0 Å². The first-order valence-corrected chi connectivity index (χ1v) is 7.71. The van der Waals surface area contributed by atoms with Gasteiger partial charge in [0.25, 0.3) is 0 Å². The summed E-state index contributed by atoms with van der Waals surface area (Å²) >= 11 is 0. The van der Waals surface area contributed by atoms with Crippen molar-refractivity contribution in [2.45, 2.75) is 19.4 Å². The number of aromatic nitrogens is 4.